The van der Waals surface area contributed by atoms with E-state index >= 15 is 0 Å². The Morgan fingerprint density at radius 1 is 1.00 bits per heavy atom. The van der Waals surface area contributed by atoms with Gasteiger partial charge in [0.15, 0.2) is 0 Å². The molecular formula is H2Li2MnO. The maximum atomic E-state index is 8.06. The van der Waals surface area contributed by atoms with E-state index in [4.69, 9.17) is 3.83 Å². The van der Waals surface area contributed by atoms with Crippen molar-refractivity contribution in [1.82, 2.24) is 0 Å². The van der Waals surface area contributed by atoms with E-state index in [9.17, 15) is 0 Å². The monoisotopic (exact) mass is 87.0 g/mol. The Morgan fingerprint density at radius 2 is 1.00 bits per heavy atom. The van der Waals surface area contributed by atoms with Gasteiger partial charge in [-0.2, -0.15) is 0 Å². The summed E-state index contributed by atoms with van der Waals surface area (Å²) in [5, 5.41) is 0. The Balaban J connectivity index is -0.00000000500. The minimum atomic E-state index is 0. The summed E-state index contributed by atoms with van der Waals surface area (Å²) >= 11 is 1.69. The molecule has 0 unspecified atom stereocenters. The van der Waals surface area contributed by atoms with Gasteiger partial charge in [-0.1, -0.05) is 0 Å². The van der Waals surface area contributed by atoms with Crippen LogP contribution in [0.3, 0.4) is 0 Å². The second kappa shape index (κ2) is 24.3. The first-order chi connectivity index (χ1) is 1.00. The second-order valence-electron chi connectivity index (χ2n) is 0. The van der Waals surface area contributed by atoms with Crippen molar-refractivity contribution in [2.75, 3.05) is 0 Å². The quantitative estimate of drug-likeness (QED) is 0.331. The Kier molecular flexibility index (Phi) is 108. The Labute approximate surface area is 57.3 Å². The van der Waals surface area contributed by atoms with E-state index in [0.717, 1.165) is 0 Å². The Morgan fingerprint density at radius 3 is 1.00 bits per heavy atom. The van der Waals surface area contributed by atoms with Gasteiger partial charge in [0.05, 0.1) is 0 Å². The third-order valence-corrected chi connectivity index (χ3v) is 0. The summed E-state index contributed by atoms with van der Waals surface area (Å²) < 4.78 is 8.06. The van der Waals surface area contributed by atoms with Gasteiger partial charge in [-0.3, -0.25) is 0 Å². The van der Waals surface area contributed by atoms with E-state index in [-0.39, 0.29) is 37.7 Å². The van der Waals surface area contributed by atoms with Crippen molar-refractivity contribution in [3.8, 4) is 0 Å². The minimum absolute atomic E-state index is 0. The van der Waals surface area contributed by atoms with Gasteiger partial charge in [-0.05, 0) is 0 Å². The van der Waals surface area contributed by atoms with E-state index < -0.39 is 0 Å². The molecule has 0 aliphatic heterocycles. The van der Waals surface area contributed by atoms with Crippen LogP contribution in [0.4, 0.5) is 0 Å². The van der Waals surface area contributed by atoms with Crippen molar-refractivity contribution in [3.05, 3.63) is 0 Å². The van der Waals surface area contributed by atoms with Gasteiger partial charge in [0, 0.05) is 0 Å². The molecule has 0 aromatic heterocycles. The van der Waals surface area contributed by atoms with E-state index in [1.54, 1.807) is 15.9 Å². The molecule has 0 heterocycles. The fourth-order valence-corrected chi connectivity index (χ4v) is 0. The summed E-state index contributed by atoms with van der Waals surface area (Å²) in [7, 11) is 0. The van der Waals surface area contributed by atoms with Crippen molar-refractivity contribution in [2.24, 2.45) is 0 Å². The predicted octanol–water partition coefficient (Wildman–Crippen LogP) is -1.42. The summed E-state index contributed by atoms with van der Waals surface area (Å²) in [5.41, 5.74) is 0. The fourth-order valence-electron chi connectivity index (χ4n) is 0. The molecule has 17 valence electrons. The first-order valence-corrected chi connectivity index (χ1v) is 0.636. The van der Waals surface area contributed by atoms with Crippen molar-refractivity contribution >= 4 is 37.7 Å². The molecule has 0 saturated heterocycles. The Hall–Kier alpha value is 1.51. The average molecular weight is 86.8 g/mol. The second-order valence-corrected chi connectivity index (χ2v) is 0. The van der Waals surface area contributed by atoms with Crippen LogP contribution in [0.1, 0.15) is 0 Å². The summed E-state index contributed by atoms with van der Waals surface area (Å²) in [6.45, 7) is 0. The topological polar surface area (TPSA) is 17.1 Å². The van der Waals surface area contributed by atoms with E-state index in [0.29, 0.717) is 0 Å². The third-order valence-electron chi connectivity index (χ3n) is 0. The zero-order valence-corrected chi connectivity index (χ0v) is 1.97. The average Bonchev–Trinajstić information content (AvgIpc) is 1.00. The molecular weight excluding hydrogens is 84.8 g/mol. The molecule has 0 aromatic carbocycles. The van der Waals surface area contributed by atoms with Gasteiger partial charge in [0.2, 0.25) is 0 Å². The van der Waals surface area contributed by atoms with Gasteiger partial charge >= 0.3 is 57.5 Å². The van der Waals surface area contributed by atoms with E-state index in [1.165, 1.54) is 0 Å². The van der Waals surface area contributed by atoms with Gasteiger partial charge in [0.25, 0.3) is 0 Å². The first-order valence-electron chi connectivity index (χ1n) is 0.154. The van der Waals surface area contributed by atoms with Crippen LogP contribution in [0.15, 0.2) is 0 Å². The molecule has 4 heteroatoms. The van der Waals surface area contributed by atoms with Crippen LogP contribution >= 0.6 is 0 Å². The molecule has 0 aliphatic carbocycles. The predicted molar refractivity (Wildman–Crippen MR) is 15.0 cm³/mol. The van der Waals surface area contributed by atoms with E-state index in [2.05, 4.69) is 0 Å². The number of hydrogen-bond acceptors (Lipinski definition) is 1. The van der Waals surface area contributed by atoms with Crippen molar-refractivity contribution in [2.45, 2.75) is 0 Å². The Bertz CT molecular complexity index is 6.00. The summed E-state index contributed by atoms with van der Waals surface area (Å²) in [4.78, 5) is 0. The van der Waals surface area contributed by atoms with Crippen LogP contribution in [-0.4, -0.2) is 37.7 Å². The summed E-state index contributed by atoms with van der Waals surface area (Å²) in [6.07, 6.45) is 0. The van der Waals surface area contributed by atoms with Gasteiger partial charge in [-0.15, -0.1) is 0 Å². The van der Waals surface area contributed by atoms with Crippen molar-refractivity contribution < 1.29 is 19.8 Å². The van der Waals surface area contributed by atoms with Crippen molar-refractivity contribution in [3.63, 3.8) is 0 Å². The van der Waals surface area contributed by atoms with Crippen LogP contribution < -0.4 is 0 Å². The van der Waals surface area contributed by atoms with Crippen molar-refractivity contribution in [1.29, 1.82) is 0 Å². The summed E-state index contributed by atoms with van der Waals surface area (Å²) in [5.74, 6) is 0. The number of hydrogen-bond donors (Lipinski definition) is 0. The van der Waals surface area contributed by atoms with Crippen LogP contribution in [0.2, 0.25) is 0 Å². The molecule has 0 atom stereocenters. The molecule has 0 aliphatic rings. The zero-order valence-electron chi connectivity index (χ0n) is 0.786. The third kappa shape index (κ3) is 9.69. The van der Waals surface area contributed by atoms with Crippen LogP contribution in [0, 0.1) is 0 Å². The molecule has 0 aromatic rings. The zero-order chi connectivity index (χ0) is 2.00. The molecule has 0 rings (SSSR count). The maximum absolute atomic E-state index is 8.06. The fraction of sp³-hybridized carbons (Fsp3) is 0. The molecule has 1 nitrogen and oxygen atoms in total. The van der Waals surface area contributed by atoms with Gasteiger partial charge in [0.1, 0.15) is 0 Å². The molecule has 4 heavy (non-hydrogen) atoms. The molecule has 0 N–H and O–H groups in total. The molecule has 0 radical (unpaired) electrons. The van der Waals surface area contributed by atoms with Crippen LogP contribution in [0.25, 0.3) is 0 Å². The first kappa shape index (κ1) is 17.8. The van der Waals surface area contributed by atoms with E-state index in [1.807, 2.05) is 0 Å². The molecule has 0 spiro atoms. The normalized spacial score (nSPS) is 1.00. The van der Waals surface area contributed by atoms with Crippen LogP contribution in [-0.2, 0) is 19.8 Å². The molecule has 0 amide bonds. The SMILES string of the molecule is [LiH].[LiH].[O]=[Mn]. The molecule has 0 saturated carbocycles. The van der Waals surface area contributed by atoms with Gasteiger partial charge < -0.3 is 0 Å². The summed E-state index contributed by atoms with van der Waals surface area (Å²) in [6, 6.07) is 0. The van der Waals surface area contributed by atoms with Gasteiger partial charge in [-0.25, -0.2) is 0 Å². The standard InChI is InChI=1S/2Li.Mn.O.2H. The number of rotatable bonds is 0. The molecule has 0 fully saturated rings. The van der Waals surface area contributed by atoms with Crippen LogP contribution in [0.5, 0.6) is 0 Å². The molecule has 0 bridgehead atoms.